The lowest BCUT2D eigenvalue weighted by molar-refractivity contribution is -0.385. The van der Waals surface area contributed by atoms with Gasteiger partial charge in [-0.2, -0.15) is 0 Å². The largest absolute Gasteiger partial charge is 0.287 e. The SMILES string of the molecule is C#Cc1ccc(C(=O)N=C=O)cc1[N+](=O)[O-]. The van der Waals surface area contributed by atoms with Crippen molar-refractivity contribution in [1.82, 2.24) is 0 Å². The molecule has 0 spiro atoms. The van der Waals surface area contributed by atoms with E-state index in [2.05, 4.69) is 10.9 Å². The zero-order chi connectivity index (χ0) is 12.1. The molecule has 0 aliphatic carbocycles. The predicted molar refractivity (Wildman–Crippen MR) is 53.5 cm³/mol. The summed E-state index contributed by atoms with van der Waals surface area (Å²) in [4.78, 5) is 33.7. The van der Waals surface area contributed by atoms with Crippen molar-refractivity contribution in [3.8, 4) is 12.3 Å². The summed E-state index contributed by atoms with van der Waals surface area (Å²) in [7, 11) is 0. The van der Waals surface area contributed by atoms with Gasteiger partial charge in [0.05, 0.1) is 4.92 Å². The van der Waals surface area contributed by atoms with Gasteiger partial charge in [0.15, 0.2) is 0 Å². The number of isocyanates is 1. The number of terminal acetylenes is 1. The Bertz CT molecular complexity index is 550. The number of nitrogens with zero attached hydrogens (tertiary/aromatic N) is 2. The van der Waals surface area contributed by atoms with E-state index in [0.717, 1.165) is 12.1 Å². The smallest absolute Gasteiger partial charge is 0.266 e. The maximum atomic E-state index is 11.1. The lowest BCUT2D eigenvalue weighted by Gasteiger charge is -1.97. The fourth-order valence-electron chi connectivity index (χ4n) is 1.04. The molecule has 0 unspecified atom stereocenters. The number of rotatable bonds is 2. The van der Waals surface area contributed by atoms with Crippen LogP contribution in [-0.2, 0) is 4.79 Å². The average molecular weight is 216 g/mol. The van der Waals surface area contributed by atoms with Gasteiger partial charge in [0.25, 0.3) is 11.6 Å². The topological polar surface area (TPSA) is 89.6 Å². The molecular weight excluding hydrogens is 212 g/mol. The van der Waals surface area contributed by atoms with Crippen LogP contribution in [0.5, 0.6) is 0 Å². The van der Waals surface area contributed by atoms with Gasteiger partial charge in [0, 0.05) is 11.6 Å². The summed E-state index contributed by atoms with van der Waals surface area (Å²) in [5.41, 5.74) is -0.417. The predicted octanol–water partition coefficient (Wildman–Crippen LogP) is 1.05. The van der Waals surface area contributed by atoms with Crippen LogP contribution in [-0.4, -0.2) is 16.9 Å². The van der Waals surface area contributed by atoms with Crippen molar-refractivity contribution >= 4 is 17.7 Å². The highest BCUT2D eigenvalue weighted by atomic mass is 16.6. The van der Waals surface area contributed by atoms with Gasteiger partial charge in [-0.1, -0.05) is 5.92 Å². The fourth-order valence-corrected chi connectivity index (χ4v) is 1.04. The number of amides is 1. The molecule has 0 heterocycles. The molecule has 1 aromatic rings. The lowest BCUT2D eigenvalue weighted by atomic mass is 10.1. The standard InChI is InChI=1S/C10H4N2O4/c1-2-7-3-4-8(10(14)11-6-13)5-9(7)12(15)16/h1,3-5H. The molecule has 0 saturated heterocycles. The molecule has 0 aliphatic rings. The third-order valence-electron chi connectivity index (χ3n) is 1.74. The Morgan fingerprint density at radius 1 is 1.50 bits per heavy atom. The summed E-state index contributed by atoms with van der Waals surface area (Å²) >= 11 is 0. The second-order valence-corrected chi connectivity index (χ2v) is 2.64. The first kappa shape index (κ1) is 11.3. The molecule has 1 amide bonds. The molecular formula is C10H4N2O4. The summed E-state index contributed by atoms with van der Waals surface area (Å²) in [6.45, 7) is 0. The molecule has 1 aromatic carbocycles. The Balaban J connectivity index is 3.34. The summed E-state index contributed by atoms with van der Waals surface area (Å²) in [5, 5.41) is 10.6. The number of hydrogen-bond acceptors (Lipinski definition) is 4. The second kappa shape index (κ2) is 4.64. The fraction of sp³-hybridized carbons (Fsp3) is 0. The molecule has 0 fully saturated rings. The van der Waals surface area contributed by atoms with Gasteiger partial charge in [-0.05, 0) is 12.1 Å². The number of nitro benzene ring substituents is 1. The van der Waals surface area contributed by atoms with E-state index < -0.39 is 10.8 Å². The van der Waals surface area contributed by atoms with Gasteiger partial charge < -0.3 is 0 Å². The first-order chi connectivity index (χ1) is 7.60. The zero-order valence-electron chi connectivity index (χ0n) is 7.84. The number of hydrogen-bond donors (Lipinski definition) is 0. The second-order valence-electron chi connectivity index (χ2n) is 2.64. The molecule has 0 saturated carbocycles. The molecule has 6 nitrogen and oxygen atoms in total. The molecule has 0 aliphatic heterocycles. The Labute approximate surface area is 89.8 Å². The van der Waals surface area contributed by atoms with Crippen LogP contribution in [0.3, 0.4) is 0 Å². The summed E-state index contributed by atoms with van der Waals surface area (Å²) in [6, 6.07) is 3.47. The lowest BCUT2D eigenvalue weighted by Crippen LogP contribution is -1.98. The van der Waals surface area contributed by atoms with E-state index in [9.17, 15) is 19.7 Å². The monoisotopic (exact) mass is 216 g/mol. The molecule has 0 N–H and O–H groups in total. The first-order valence-corrected chi connectivity index (χ1v) is 3.97. The Morgan fingerprint density at radius 3 is 2.69 bits per heavy atom. The van der Waals surface area contributed by atoms with E-state index in [1.54, 1.807) is 0 Å². The minimum atomic E-state index is -0.901. The Hall–Kier alpha value is -2.77. The molecule has 78 valence electrons. The number of carbonyl (C=O) groups is 1. The van der Waals surface area contributed by atoms with Crippen molar-refractivity contribution < 1.29 is 14.5 Å². The third-order valence-corrected chi connectivity index (χ3v) is 1.74. The van der Waals surface area contributed by atoms with E-state index in [-0.39, 0.29) is 16.8 Å². The van der Waals surface area contributed by atoms with Crippen molar-refractivity contribution in [1.29, 1.82) is 0 Å². The van der Waals surface area contributed by atoms with E-state index in [1.807, 2.05) is 0 Å². The van der Waals surface area contributed by atoms with Gasteiger partial charge in [0.2, 0.25) is 6.08 Å². The van der Waals surface area contributed by atoms with Crippen molar-refractivity contribution in [2.24, 2.45) is 4.99 Å². The van der Waals surface area contributed by atoms with Crippen LogP contribution in [0.25, 0.3) is 0 Å². The van der Waals surface area contributed by atoms with Crippen LogP contribution < -0.4 is 0 Å². The molecule has 16 heavy (non-hydrogen) atoms. The normalized spacial score (nSPS) is 8.69. The van der Waals surface area contributed by atoms with Gasteiger partial charge in [0.1, 0.15) is 5.56 Å². The van der Waals surface area contributed by atoms with Crippen molar-refractivity contribution in [3.05, 3.63) is 39.4 Å². The van der Waals surface area contributed by atoms with Crippen molar-refractivity contribution in [2.45, 2.75) is 0 Å². The highest BCUT2D eigenvalue weighted by Gasteiger charge is 2.15. The van der Waals surface area contributed by atoms with Gasteiger partial charge in [-0.25, -0.2) is 4.79 Å². The van der Waals surface area contributed by atoms with Crippen molar-refractivity contribution in [2.75, 3.05) is 0 Å². The quantitative estimate of drug-likeness (QED) is 0.243. The molecule has 0 aromatic heterocycles. The van der Waals surface area contributed by atoms with Crippen LogP contribution in [0.2, 0.25) is 0 Å². The number of benzene rings is 1. The first-order valence-electron chi connectivity index (χ1n) is 3.97. The zero-order valence-corrected chi connectivity index (χ0v) is 7.84. The molecule has 0 radical (unpaired) electrons. The molecule has 0 bridgehead atoms. The van der Waals surface area contributed by atoms with Crippen molar-refractivity contribution in [3.63, 3.8) is 0 Å². The van der Waals surface area contributed by atoms with E-state index in [4.69, 9.17) is 6.42 Å². The van der Waals surface area contributed by atoms with E-state index in [0.29, 0.717) is 0 Å². The van der Waals surface area contributed by atoms with Crippen LogP contribution >= 0.6 is 0 Å². The minimum Gasteiger partial charge on any atom is -0.266 e. The summed E-state index contributed by atoms with van der Waals surface area (Å²) in [6.07, 6.45) is 6.11. The number of carbonyl (C=O) groups excluding carboxylic acids is 2. The van der Waals surface area contributed by atoms with Gasteiger partial charge >= 0.3 is 0 Å². The van der Waals surface area contributed by atoms with E-state index >= 15 is 0 Å². The Kier molecular flexibility index (Phi) is 3.28. The molecule has 6 heteroatoms. The highest BCUT2D eigenvalue weighted by molar-refractivity contribution is 5.98. The van der Waals surface area contributed by atoms with Crippen LogP contribution in [0, 0.1) is 22.5 Å². The molecule has 0 atom stereocenters. The third kappa shape index (κ3) is 2.18. The minimum absolute atomic E-state index is 0.0524. The molecule has 1 rings (SSSR count). The maximum absolute atomic E-state index is 11.1. The van der Waals surface area contributed by atoms with Gasteiger partial charge in [-0.3, -0.25) is 14.9 Å². The maximum Gasteiger partial charge on any atom is 0.287 e. The summed E-state index contributed by atoms with van der Waals surface area (Å²) < 4.78 is 0. The highest BCUT2D eigenvalue weighted by Crippen LogP contribution is 2.19. The average Bonchev–Trinajstić information content (AvgIpc) is 2.28. The van der Waals surface area contributed by atoms with E-state index in [1.165, 1.54) is 12.1 Å². The number of aliphatic imine (C=N–C) groups is 1. The van der Waals surface area contributed by atoms with Crippen LogP contribution in [0.15, 0.2) is 23.2 Å². The number of nitro groups is 1. The summed E-state index contributed by atoms with van der Waals surface area (Å²) in [5.74, 6) is 1.21. The van der Waals surface area contributed by atoms with Gasteiger partial charge in [-0.15, -0.1) is 11.4 Å². The van der Waals surface area contributed by atoms with Crippen LogP contribution in [0.4, 0.5) is 5.69 Å². The van der Waals surface area contributed by atoms with Crippen LogP contribution in [0.1, 0.15) is 15.9 Å². The Morgan fingerprint density at radius 2 is 2.19 bits per heavy atom.